The van der Waals surface area contributed by atoms with Crippen molar-refractivity contribution in [3.05, 3.63) is 0 Å². The highest BCUT2D eigenvalue weighted by molar-refractivity contribution is 5.66. The van der Waals surface area contributed by atoms with E-state index in [1.54, 1.807) is 0 Å². The first-order valence-electron chi connectivity index (χ1n) is 10.6. The van der Waals surface area contributed by atoms with Gasteiger partial charge < -0.3 is 64.2 Å². The van der Waals surface area contributed by atoms with Crippen LogP contribution >= 0.6 is 0 Å². The zero-order valence-electron chi connectivity index (χ0n) is 18.3. The van der Waals surface area contributed by atoms with Gasteiger partial charge in [-0.3, -0.25) is 4.79 Å². The van der Waals surface area contributed by atoms with Gasteiger partial charge in [0.25, 0.3) is 0 Å². The zero-order valence-corrected chi connectivity index (χ0v) is 18.3. The van der Waals surface area contributed by atoms with Crippen LogP contribution in [0.2, 0.25) is 0 Å². The minimum absolute atomic E-state index is 0.365. The molecule has 0 amide bonds. The molecule has 3 rings (SSSR count). The summed E-state index contributed by atoms with van der Waals surface area (Å²) < 4.78 is 32.2. The molecule has 33 heavy (non-hydrogen) atoms. The van der Waals surface area contributed by atoms with E-state index in [0.717, 1.165) is 6.92 Å². The number of carbonyl (C=O) groups excluding carboxylic acids is 1. The topological polar surface area (TPSA) is 214 Å². The summed E-state index contributed by atoms with van der Waals surface area (Å²) in [6.07, 6.45) is -20.1. The van der Waals surface area contributed by atoms with Gasteiger partial charge in [-0.1, -0.05) is 0 Å². The van der Waals surface area contributed by atoms with E-state index < -0.39 is 92.0 Å². The Labute approximate surface area is 189 Å². The fourth-order valence-corrected chi connectivity index (χ4v) is 3.95. The van der Waals surface area contributed by atoms with Crippen molar-refractivity contribution in [3.63, 3.8) is 0 Å². The van der Waals surface area contributed by atoms with Gasteiger partial charge in [-0.15, -0.1) is 0 Å². The molecule has 0 radical (unpaired) electrons. The van der Waals surface area contributed by atoms with Crippen LogP contribution in [-0.4, -0.2) is 134 Å². The molecule has 3 saturated heterocycles. The van der Waals surface area contributed by atoms with Crippen molar-refractivity contribution in [2.24, 2.45) is 0 Å². The molecule has 3 heterocycles. The van der Waals surface area contributed by atoms with Crippen LogP contribution in [0, 0.1) is 0 Å². The average Bonchev–Trinajstić information content (AvgIpc) is 2.75. The maximum absolute atomic E-state index is 11.4. The lowest BCUT2D eigenvalue weighted by Gasteiger charge is -2.47. The quantitative estimate of drug-likeness (QED) is 0.184. The van der Waals surface area contributed by atoms with Gasteiger partial charge in [0.15, 0.2) is 25.0 Å². The summed E-state index contributed by atoms with van der Waals surface area (Å²) in [6.45, 7) is 3.62. The number of rotatable bonds is 5. The van der Waals surface area contributed by atoms with Crippen LogP contribution in [0.1, 0.15) is 20.8 Å². The van der Waals surface area contributed by atoms with Gasteiger partial charge in [0.2, 0.25) is 0 Å². The lowest BCUT2D eigenvalue weighted by atomic mass is 9.97. The molecule has 1 unspecified atom stereocenters. The first kappa shape index (κ1) is 26.6. The Balaban J connectivity index is 1.79. The highest BCUT2D eigenvalue weighted by Crippen LogP contribution is 2.32. The van der Waals surface area contributed by atoms with Crippen molar-refractivity contribution in [3.8, 4) is 0 Å². The Morgan fingerprint density at radius 2 is 1.30 bits per heavy atom. The number of ether oxygens (including phenoxy) is 6. The second kappa shape index (κ2) is 10.7. The molecule has 3 aliphatic rings. The summed E-state index contributed by atoms with van der Waals surface area (Å²) in [5.74, 6) is -0.762. The summed E-state index contributed by atoms with van der Waals surface area (Å²) >= 11 is 0. The van der Waals surface area contributed by atoms with E-state index in [1.807, 2.05) is 0 Å². The van der Waals surface area contributed by atoms with Crippen molar-refractivity contribution >= 4 is 5.97 Å². The van der Waals surface area contributed by atoms with Crippen LogP contribution in [0.3, 0.4) is 0 Å². The predicted molar refractivity (Wildman–Crippen MR) is 102 cm³/mol. The van der Waals surface area contributed by atoms with Crippen LogP contribution in [0.4, 0.5) is 0 Å². The van der Waals surface area contributed by atoms with E-state index >= 15 is 0 Å². The number of aliphatic hydroxyl groups is 7. The first-order chi connectivity index (χ1) is 15.4. The third kappa shape index (κ3) is 5.63. The summed E-state index contributed by atoms with van der Waals surface area (Å²) in [6, 6.07) is 0. The Morgan fingerprint density at radius 1 is 0.727 bits per heavy atom. The number of aliphatic hydroxyl groups excluding tert-OH is 7. The van der Waals surface area contributed by atoms with E-state index in [2.05, 4.69) is 0 Å². The van der Waals surface area contributed by atoms with Crippen molar-refractivity contribution < 1.29 is 69.0 Å². The third-order valence-corrected chi connectivity index (χ3v) is 5.90. The Kier molecular flexibility index (Phi) is 8.64. The fraction of sp³-hybridized carbons (Fsp3) is 0.947. The summed E-state index contributed by atoms with van der Waals surface area (Å²) in [7, 11) is 0. The van der Waals surface area contributed by atoms with Crippen molar-refractivity contribution in [1.29, 1.82) is 0 Å². The van der Waals surface area contributed by atoms with Crippen molar-refractivity contribution in [2.45, 2.75) is 107 Å². The largest absolute Gasteiger partial charge is 0.457 e. The molecule has 0 spiro atoms. The lowest BCUT2D eigenvalue weighted by molar-refractivity contribution is -0.378. The Bertz CT molecular complexity index is 664. The summed E-state index contributed by atoms with van der Waals surface area (Å²) in [4.78, 5) is 11.4. The van der Waals surface area contributed by atoms with Crippen molar-refractivity contribution in [2.75, 3.05) is 6.61 Å². The van der Waals surface area contributed by atoms with Gasteiger partial charge in [0.05, 0.1) is 18.8 Å². The smallest absolute Gasteiger partial charge is 0.303 e. The van der Waals surface area contributed by atoms with Gasteiger partial charge in [-0.25, -0.2) is 0 Å². The summed E-state index contributed by atoms with van der Waals surface area (Å²) in [5, 5.41) is 71.5. The van der Waals surface area contributed by atoms with Crippen LogP contribution in [0.15, 0.2) is 0 Å². The second-order valence-corrected chi connectivity index (χ2v) is 8.44. The van der Waals surface area contributed by atoms with E-state index in [9.17, 15) is 40.5 Å². The highest BCUT2D eigenvalue weighted by atomic mass is 16.8. The SMILES string of the molecule is CC(=O)O[C@@H]1[C@@H](O)[C@H](C)O[C@@H](O[C@H]2C(O)O[C@H](C)[C@H](O)[C@@H]2O[C@@H]2OC[C@@H](O)[C@H](O)[C@H]2O)[C@@H]1O. The zero-order chi connectivity index (χ0) is 24.6. The predicted octanol–water partition coefficient (Wildman–Crippen LogP) is -4.31. The van der Waals surface area contributed by atoms with E-state index in [1.165, 1.54) is 13.8 Å². The molecular weight excluding hydrogens is 452 g/mol. The number of hydrogen-bond donors (Lipinski definition) is 7. The fourth-order valence-electron chi connectivity index (χ4n) is 3.95. The maximum atomic E-state index is 11.4. The molecule has 0 aliphatic carbocycles. The Hall–Kier alpha value is -1.01. The van der Waals surface area contributed by atoms with Crippen LogP contribution in [0.5, 0.6) is 0 Å². The lowest BCUT2D eigenvalue weighted by Crippen LogP contribution is -2.65. The van der Waals surface area contributed by atoms with Crippen LogP contribution < -0.4 is 0 Å². The average molecular weight is 484 g/mol. The molecule has 14 nitrogen and oxygen atoms in total. The Morgan fingerprint density at radius 3 is 1.94 bits per heavy atom. The minimum atomic E-state index is -1.70. The molecule has 14 atom stereocenters. The molecule has 0 saturated carbocycles. The van der Waals surface area contributed by atoms with Gasteiger partial charge in [-0.2, -0.15) is 0 Å². The molecule has 7 N–H and O–H groups in total. The number of esters is 1. The van der Waals surface area contributed by atoms with E-state index in [0.29, 0.717) is 0 Å². The number of carbonyl (C=O) groups is 1. The number of hydrogen-bond acceptors (Lipinski definition) is 14. The molecule has 0 bridgehead atoms. The first-order valence-corrected chi connectivity index (χ1v) is 10.6. The van der Waals surface area contributed by atoms with Crippen LogP contribution in [-0.2, 0) is 33.2 Å². The molecular formula is C19H32O14. The van der Waals surface area contributed by atoms with Gasteiger partial charge in [0.1, 0.15) is 48.8 Å². The van der Waals surface area contributed by atoms with Crippen LogP contribution in [0.25, 0.3) is 0 Å². The molecule has 0 aromatic rings. The van der Waals surface area contributed by atoms with E-state index in [-0.39, 0.29) is 6.61 Å². The highest BCUT2D eigenvalue weighted by Gasteiger charge is 2.52. The van der Waals surface area contributed by atoms with E-state index in [4.69, 9.17) is 28.4 Å². The third-order valence-electron chi connectivity index (χ3n) is 5.90. The molecule has 0 aromatic heterocycles. The molecule has 0 aromatic carbocycles. The second-order valence-electron chi connectivity index (χ2n) is 8.44. The minimum Gasteiger partial charge on any atom is -0.457 e. The van der Waals surface area contributed by atoms with Gasteiger partial charge >= 0.3 is 5.97 Å². The molecule has 192 valence electrons. The maximum Gasteiger partial charge on any atom is 0.303 e. The molecule has 3 fully saturated rings. The normalized spacial score (nSPS) is 51.2. The van der Waals surface area contributed by atoms with Gasteiger partial charge in [-0.05, 0) is 13.8 Å². The molecule has 3 aliphatic heterocycles. The standard InChI is InChI=1S/C19H32O14/c1-5-10(23)15(32-18-12(25)11(24)8(21)4-28-18)16(17(27)29-5)33-19-13(26)14(31-7(3)20)9(22)6(2)30-19/h5-6,8-19,21-27H,4H2,1-3H3/t5-,6+,8-,9+,10+,11+,12-,13-,14-,15+,16-,17?,18+,19+/m1/s1. The van der Waals surface area contributed by atoms with Crippen molar-refractivity contribution in [1.82, 2.24) is 0 Å². The monoisotopic (exact) mass is 484 g/mol. The summed E-state index contributed by atoms with van der Waals surface area (Å²) in [5.41, 5.74) is 0. The van der Waals surface area contributed by atoms with Gasteiger partial charge in [0, 0.05) is 6.92 Å². The molecule has 14 heteroatoms.